The first-order valence-corrected chi connectivity index (χ1v) is 8.97. The van der Waals surface area contributed by atoms with Crippen molar-refractivity contribution in [2.75, 3.05) is 6.54 Å². The fourth-order valence-electron chi connectivity index (χ4n) is 2.41. The molecule has 1 aliphatic rings. The number of hydrogen-bond donors (Lipinski definition) is 0. The van der Waals surface area contributed by atoms with E-state index in [1.165, 1.54) is 4.90 Å². The lowest BCUT2D eigenvalue weighted by atomic mass is 10.1. The third kappa shape index (κ3) is 3.84. The van der Waals surface area contributed by atoms with Crippen molar-refractivity contribution in [3.05, 3.63) is 45.5 Å². The molecule has 3 rings (SSSR count). The van der Waals surface area contributed by atoms with Crippen LogP contribution in [0.4, 0.5) is 0 Å². The van der Waals surface area contributed by atoms with E-state index in [0.717, 1.165) is 28.2 Å². The average Bonchev–Trinajstić information content (AvgIpc) is 2.80. The molecule has 128 valence electrons. The molecule has 2 heterocycles. The fourth-order valence-corrected chi connectivity index (χ4v) is 3.91. The Morgan fingerprint density at radius 1 is 1.44 bits per heavy atom. The summed E-state index contributed by atoms with van der Waals surface area (Å²) >= 11 is 12.5. The largest absolute Gasteiger partial charge is 0.550 e. The highest BCUT2D eigenvalue weighted by Gasteiger charge is 2.31. The lowest BCUT2D eigenvalue weighted by Gasteiger charge is -2.14. The van der Waals surface area contributed by atoms with Crippen LogP contribution < -0.4 is 5.11 Å². The van der Waals surface area contributed by atoms with Crippen molar-refractivity contribution < 1.29 is 14.7 Å². The molecular formula is C17H12ClN2O3S2-. The van der Waals surface area contributed by atoms with Gasteiger partial charge in [0.15, 0.2) is 0 Å². The van der Waals surface area contributed by atoms with Crippen LogP contribution >= 0.6 is 35.6 Å². The maximum absolute atomic E-state index is 12.4. The summed E-state index contributed by atoms with van der Waals surface area (Å²) in [5, 5.41) is 11.8. The number of aliphatic carboxylic acids is 1. The number of thiocarbonyl (C=S) groups is 1. The Labute approximate surface area is 158 Å². The van der Waals surface area contributed by atoms with Gasteiger partial charge in [-0.15, -0.1) is 0 Å². The average molecular weight is 392 g/mol. The van der Waals surface area contributed by atoms with Crippen LogP contribution in [-0.4, -0.2) is 32.6 Å². The number of pyridine rings is 1. The molecule has 1 amide bonds. The number of benzene rings is 1. The summed E-state index contributed by atoms with van der Waals surface area (Å²) in [5.74, 6) is -1.56. The molecule has 5 nitrogen and oxygen atoms in total. The Balaban J connectivity index is 1.92. The first kappa shape index (κ1) is 17.8. The monoisotopic (exact) mass is 391 g/mol. The smallest absolute Gasteiger partial charge is 0.266 e. The van der Waals surface area contributed by atoms with E-state index in [0.29, 0.717) is 14.8 Å². The lowest BCUT2D eigenvalue weighted by Crippen LogP contribution is -2.33. The first-order valence-electron chi connectivity index (χ1n) is 7.37. The van der Waals surface area contributed by atoms with Crippen molar-refractivity contribution >= 4 is 68.8 Å². The Kier molecular flexibility index (Phi) is 5.08. The minimum absolute atomic E-state index is 0.00663. The van der Waals surface area contributed by atoms with Crippen LogP contribution in [-0.2, 0) is 9.59 Å². The summed E-state index contributed by atoms with van der Waals surface area (Å²) in [6.45, 7) is 1.97. The second-order valence-corrected chi connectivity index (χ2v) is 7.55. The predicted molar refractivity (Wildman–Crippen MR) is 101 cm³/mol. The van der Waals surface area contributed by atoms with Gasteiger partial charge in [-0.2, -0.15) is 0 Å². The number of rotatable bonds is 4. The number of carbonyl (C=O) groups excluding carboxylic acids is 2. The number of fused-ring (bicyclic) bond motifs is 1. The number of carboxylic acids is 1. The van der Waals surface area contributed by atoms with Crippen molar-refractivity contribution in [3.63, 3.8) is 0 Å². The summed E-state index contributed by atoms with van der Waals surface area (Å²) in [6.07, 6.45) is 1.37. The minimum Gasteiger partial charge on any atom is -0.550 e. The molecule has 0 unspecified atom stereocenters. The number of aryl methyl sites for hydroxylation is 1. The van der Waals surface area contributed by atoms with E-state index in [2.05, 4.69) is 4.98 Å². The Morgan fingerprint density at radius 2 is 2.20 bits per heavy atom. The molecular weight excluding hydrogens is 380 g/mol. The molecule has 1 saturated heterocycles. The highest BCUT2D eigenvalue weighted by molar-refractivity contribution is 8.26. The highest BCUT2D eigenvalue weighted by atomic mass is 35.5. The summed E-state index contributed by atoms with van der Waals surface area (Å²) in [5.41, 5.74) is 2.47. The van der Waals surface area contributed by atoms with Gasteiger partial charge in [-0.25, -0.2) is 4.98 Å². The van der Waals surface area contributed by atoms with Gasteiger partial charge in [-0.05, 0) is 30.7 Å². The number of hydrogen-bond acceptors (Lipinski definition) is 6. The van der Waals surface area contributed by atoms with Crippen molar-refractivity contribution in [2.45, 2.75) is 13.3 Å². The zero-order valence-electron chi connectivity index (χ0n) is 13.1. The number of halogens is 1. The van der Waals surface area contributed by atoms with E-state index in [-0.39, 0.29) is 24.0 Å². The number of nitrogens with zero attached hydrogens (tertiary/aromatic N) is 2. The van der Waals surface area contributed by atoms with Gasteiger partial charge in [0.25, 0.3) is 5.91 Å². The molecule has 0 radical (unpaired) electrons. The van der Waals surface area contributed by atoms with Crippen molar-refractivity contribution in [1.29, 1.82) is 0 Å². The molecule has 1 aromatic heterocycles. The van der Waals surface area contributed by atoms with Gasteiger partial charge in [0.05, 0.1) is 10.4 Å². The van der Waals surface area contributed by atoms with Crippen LogP contribution in [0.5, 0.6) is 0 Å². The van der Waals surface area contributed by atoms with Crippen LogP contribution in [0.1, 0.15) is 17.5 Å². The second kappa shape index (κ2) is 7.11. The van der Waals surface area contributed by atoms with Crippen LogP contribution in [0.2, 0.25) is 5.15 Å². The molecule has 0 atom stereocenters. The lowest BCUT2D eigenvalue weighted by molar-refractivity contribution is -0.305. The molecule has 2 aromatic rings. The van der Waals surface area contributed by atoms with Gasteiger partial charge in [0.1, 0.15) is 9.47 Å². The maximum Gasteiger partial charge on any atom is 0.266 e. The number of aromatic nitrogens is 1. The molecule has 1 aliphatic heterocycles. The zero-order chi connectivity index (χ0) is 18.1. The van der Waals surface area contributed by atoms with Gasteiger partial charge in [0.2, 0.25) is 0 Å². The third-order valence-electron chi connectivity index (χ3n) is 3.65. The predicted octanol–water partition coefficient (Wildman–Crippen LogP) is 2.54. The number of carbonyl (C=O) groups is 2. The molecule has 8 heteroatoms. The molecule has 25 heavy (non-hydrogen) atoms. The Hall–Kier alpha value is -1.96. The Bertz CT molecular complexity index is 943. The molecule has 0 N–H and O–H groups in total. The second-order valence-electron chi connectivity index (χ2n) is 5.52. The molecule has 0 spiro atoms. The van der Waals surface area contributed by atoms with Crippen LogP contribution in [0, 0.1) is 6.92 Å². The third-order valence-corrected chi connectivity index (χ3v) is 5.33. The van der Waals surface area contributed by atoms with E-state index < -0.39 is 5.97 Å². The Morgan fingerprint density at radius 3 is 2.92 bits per heavy atom. The van der Waals surface area contributed by atoms with Crippen molar-refractivity contribution in [1.82, 2.24) is 9.88 Å². The quantitative estimate of drug-likeness (QED) is 0.453. The standard InChI is InChI=1S/C17H13ClN2O3S2/c1-9-2-3-10-7-11(15(18)19-12(10)6-9)8-13-16(23)20(17(24)25-13)5-4-14(21)22/h2-3,6-8H,4-5H2,1H3,(H,21,22)/p-1/b13-8-. The molecule has 1 aromatic carbocycles. The summed E-state index contributed by atoms with van der Waals surface area (Å²) < 4.78 is 0.318. The SMILES string of the molecule is Cc1ccc2cc(/C=C3\SC(=S)N(CCC(=O)[O-])C3=O)c(Cl)nc2c1. The molecule has 0 saturated carbocycles. The maximum atomic E-state index is 12.4. The minimum atomic E-state index is -1.23. The summed E-state index contributed by atoms with van der Waals surface area (Å²) in [7, 11) is 0. The number of amides is 1. The topological polar surface area (TPSA) is 73.3 Å². The van der Waals surface area contributed by atoms with E-state index in [9.17, 15) is 14.7 Å². The highest BCUT2D eigenvalue weighted by Crippen LogP contribution is 2.34. The van der Waals surface area contributed by atoms with Crippen molar-refractivity contribution in [2.24, 2.45) is 0 Å². The zero-order valence-corrected chi connectivity index (χ0v) is 15.5. The summed E-state index contributed by atoms with van der Waals surface area (Å²) in [4.78, 5) is 29.0. The van der Waals surface area contributed by atoms with Crippen LogP contribution in [0.25, 0.3) is 17.0 Å². The van der Waals surface area contributed by atoms with Gasteiger partial charge in [-0.3, -0.25) is 9.69 Å². The molecule has 1 fully saturated rings. The van der Waals surface area contributed by atoms with E-state index in [1.54, 1.807) is 6.08 Å². The number of carboxylic acid groups (broad SMARTS) is 1. The van der Waals surface area contributed by atoms with Gasteiger partial charge in [0, 0.05) is 29.9 Å². The summed E-state index contributed by atoms with van der Waals surface area (Å²) in [6, 6.07) is 7.71. The van der Waals surface area contributed by atoms with E-state index in [1.807, 2.05) is 31.2 Å². The van der Waals surface area contributed by atoms with Gasteiger partial charge < -0.3 is 9.90 Å². The van der Waals surface area contributed by atoms with Gasteiger partial charge in [-0.1, -0.05) is 47.7 Å². The molecule has 0 bridgehead atoms. The van der Waals surface area contributed by atoms with Crippen LogP contribution in [0.15, 0.2) is 29.2 Å². The number of thioether (sulfide) groups is 1. The van der Waals surface area contributed by atoms with Crippen molar-refractivity contribution in [3.8, 4) is 0 Å². The first-order chi connectivity index (χ1) is 11.8. The molecule has 0 aliphatic carbocycles. The van der Waals surface area contributed by atoms with Gasteiger partial charge >= 0.3 is 0 Å². The van der Waals surface area contributed by atoms with E-state index >= 15 is 0 Å². The normalized spacial score (nSPS) is 16.2. The van der Waals surface area contributed by atoms with Crippen LogP contribution in [0.3, 0.4) is 0 Å². The fraction of sp³-hybridized carbons (Fsp3) is 0.176. The van der Waals surface area contributed by atoms with E-state index in [4.69, 9.17) is 23.8 Å².